The minimum Gasteiger partial charge on any atom is -0.276 e. The molecule has 0 aliphatic heterocycles. The molecule has 1 aromatic carbocycles. The molecule has 0 saturated heterocycles. The Kier molecular flexibility index (Phi) is 4.56. The molecule has 1 saturated carbocycles. The van der Waals surface area contributed by atoms with Gasteiger partial charge in [-0.1, -0.05) is 43.2 Å². The SMILES string of the molecule is O=CN(OCCc1ccccc1)C1CCCC1. The molecule has 1 aromatic rings. The summed E-state index contributed by atoms with van der Waals surface area (Å²) >= 11 is 0. The van der Waals surface area contributed by atoms with Crippen molar-refractivity contribution in [3.63, 3.8) is 0 Å². The first kappa shape index (κ1) is 12.1. The van der Waals surface area contributed by atoms with Crippen LogP contribution in [0.15, 0.2) is 30.3 Å². The molecule has 0 unspecified atom stereocenters. The summed E-state index contributed by atoms with van der Waals surface area (Å²) in [5, 5.41) is 1.51. The zero-order valence-corrected chi connectivity index (χ0v) is 10.0. The van der Waals surface area contributed by atoms with Crippen LogP contribution < -0.4 is 0 Å². The highest BCUT2D eigenvalue weighted by atomic mass is 16.7. The number of amides is 1. The maximum absolute atomic E-state index is 10.9. The first-order chi connectivity index (χ1) is 8.40. The molecule has 0 heterocycles. The summed E-state index contributed by atoms with van der Waals surface area (Å²) in [6.45, 7) is 0.569. The maximum atomic E-state index is 10.9. The van der Waals surface area contributed by atoms with E-state index in [9.17, 15) is 4.79 Å². The van der Waals surface area contributed by atoms with Gasteiger partial charge in [-0.05, 0) is 24.8 Å². The summed E-state index contributed by atoms with van der Waals surface area (Å²) < 4.78 is 0. The van der Waals surface area contributed by atoms with Crippen LogP contribution in [0.5, 0.6) is 0 Å². The van der Waals surface area contributed by atoms with Gasteiger partial charge >= 0.3 is 0 Å². The largest absolute Gasteiger partial charge is 0.276 e. The van der Waals surface area contributed by atoms with E-state index in [-0.39, 0.29) is 0 Å². The van der Waals surface area contributed by atoms with E-state index in [0.29, 0.717) is 12.6 Å². The van der Waals surface area contributed by atoms with E-state index >= 15 is 0 Å². The van der Waals surface area contributed by atoms with Crippen LogP contribution in [0.2, 0.25) is 0 Å². The molecule has 0 N–H and O–H groups in total. The summed E-state index contributed by atoms with van der Waals surface area (Å²) in [5.41, 5.74) is 1.24. The first-order valence-electron chi connectivity index (χ1n) is 6.30. The van der Waals surface area contributed by atoms with E-state index in [2.05, 4.69) is 12.1 Å². The van der Waals surface area contributed by atoms with Crippen molar-refractivity contribution in [2.75, 3.05) is 6.61 Å². The van der Waals surface area contributed by atoms with Gasteiger partial charge in [0.2, 0.25) is 6.41 Å². The Morgan fingerprint density at radius 3 is 2.59 bits per heavy atom. The first-order valence-corrected chi connectivity index (χ1v) is 6.30. The smallest absolute Gasteiger partial charge is 0.233 e. The van der Waals surface area contributed by atoms with Crippen molar-refractivity contribution in [1.82, 2.24) is 5.06 Å². The minimum atomic E-state index is 0.295. The van der Waals surface area contributed by atoms with Gasteiger partial charge in [0.05, 0.1) is 12.6 Å². The fraction of sp³-hybridized carbons (Fsp3) is 0.500. The molecule has 0 atom stereocenters. The third-order valence-electron chi connectivity index (χ3n) is 3.26. The van der Waals surface area contributed by atoms with Crippen molar-refractivity contribution in [2.24, 2.45) is 0 Å². The molecule has 0 bridgehead atoms. The highest BCUT2D eigenvalue weighted by Crippen LogP contribution is 2.22. The lowest BCUT2D eigenvalue weighted by atomic mass is 10.2. The Balaban J connectivity index is 1.74. The average Bonchev–Trinajstić information content (AvgIpc) is 2.90. The van der Waals surface area contributed by atoms with Crippen molar-refractivity contribution < 1.29 is 9.63 Å². The van der Waals surface area contributed by atoms with E-state index in [1.165, 1.54) is 23.5 Å². The lowest BCUT2D eigenvalue weighted by Crippen LogP contribution is -2.32. The number of hydrogen-bond donors (Lipinski definition) is 0. The fourth-order valence-electron chi connectivity index (χ4n) is 2.29. The third kappa shape index (κ3) is 3.56. The van der Waals surface area contributed by atoms with Crippen LogP contribution in [0.25, 0.3) is 0 Å². The summed E-state index contributed by atoms with van der Waals surface area (Å²) in [6, 6.07) is 10.5. The van der Waals surface area contributed by atoms with Gasteiger partial charge in [-0.2, -0.15) is 0 Å². The van der Waals surface area contributed by atoms with Gasteiger partial charge in [0, 0.05) is 0 Å². The van der Waals surface area contributed by atoms with Gasteiger partial charge < -0.3 is 0 Å². The Morgan fingerprint density at radius 1 is 1.24 bits per heavy atom. The van der Waals surface area contributed by atoms with Gasteiger partial charge in [0.15, 0.2) is 0 Å². The van der Waals surface area contributed by atoms with E-state index < -0.39 is 0 Å². The second-order valence-electron chi connectivity index (χ2n) is 4.47. The topological polar surface area (TPSA) is 29.5 Å². The van der Waals surface area contributed by atoms with E-state index in [1.54, 1.807) is 0 Å². The summed E-state index contributed by atoms with van der Waals surface area (Å²) in [4.78, 5) is 16.5. The molecule has 3 heteroatoms. The molecule has 1 aliphatic rings. The molecule has 17 heavy (non-hydrogen) atoms. The Bertz CT molecular complexity index is 333. The fourth-order valence-corrected chi connectivity index (χ4v) is 2.29. The van der Waals surface area contributed by atoms with Crippen molar-refractivity contribution in [3.8, 4) is 0 Å². The van der Waals surface area contributed by atoms with Gasteiger partial charge in [0.25, 0.3) is 0 Å². The predicted octanol–water partition coefficient (Wildman–Crippen LogP) is 2.56. The second-order valence-corrected chi connectivity index (χ2v) is 4.47. The lowest BCUT2D eigenvalue weighted by molar-refractivity contribution is -0.185. The van der Waals surface area contributed by atoms with Crippen molar-refractivity contribution in [1.29, 1.82) is 0 Å². The molecule has 92 valence electrons. The number of nitrogens with zero attached hydrogens (tertiary/aromatic N) is 1. The third-order valence-corrected chi connectivity index (χ3v) is 3.26. The standard InChI is InChI=1S/C14H19NO2/c16-12-15(14-8-4-5-9-14)17-11-10-13-6-2-1-3-7-13/h1-3,6-7,12,14H,4-5,8-11H2. The molecule has 1 fully saturated rings. The highest BCUT2D eigenvalue weighted by Gasteiger charge is 2.21. The Morgan fingerprint density at radius 2 is 1.94 bits per heavy atom. The van der Waals surface area contributed by atoms with Gasteiger partial charge in [-0.15, -0.1) is 0 Å². The normalized spacial score (nSPS) is 16.0. The number of benzene rings is 1. The molecule has 0 spiro atoms. The Hall–Kier alpha value is -1.35. The monoisotopic (exact) mass is 233 g/mol. The number of hydrogen-bond acceptors (Lipinski definition) is 2. The molecular weight excluding hydrogens is 214 g/mol. The zero-order chi connectivity index (χ0) is 11.9. The molecular formula is C14H19NO2. The van der Waals surface area contributed by atoms with Crippen molar-refractivity contribution >= 4 is 6.41 Å². The van der Waals surface area contributed by atoms with E-state index in [0.717, 1.165) is 25.7 Å². The molecule has 3 nitrogen and oxygen atoms in total. The second kappa shape index (κ2) is 6.40. The number of carbonyl (C=O) groups is 1. The highest BCUT2D eigenvalue weighted by molar-refractivity contribution is 5.45. The molecule has 1 amide bonds. The van der Waals surface area contributed by atoms with E-state index in [4.69, 9.17) is 4.84 Å². The van der Waals surface area contributed by atoms with Gasteiger partial charge in [-0.25, -0.2) is 5.06 Å². The summed E-state index contributed by atoms with van der Waals surface area (Å²) in [5.74, 6) is 0. The molecule has 0 radical (unpaired) electrons. The molecule has 0 aromatic heterocycles. The number of carbonyl (C=O) groups excluding carboxylic acids is 1. The quantitative estimate of drug-likeness (QED) is 0.558. The van der Waals surface area contributed by atoms with E-state index in [1.807, 2.05) is 18.2 Å². The van der Waals surface area contributed by atoms with Crippen LogP contribution in [0.4, 0.5) is 0 Å². The van der Waals surface area contributed by atoms with Crippen LogP contribution in [0, 0.1) is 0 Å². The molecule has 1 aliphatic carbocycles. The zero-order valence-electron chi connectivity index (χ0n) is 10.0. The molecule has 2 rings (SSSR count). The van der Waals surface area contributed by atoms with Gasteiger partial charge in [-0.3, -0.25) is 9.63 Å². The van der Waals surface area contributed by atoms with Crippen LogP contribution in [0.1, 0.15) is 31.2 Å². The Labute approximate surface area is 102 Å². The van der Waals surface area contributed by atoms with Crippen molar-refractivity contribution in [2.45, 2.75) is 38.1 Å². The summed E-state index contributed by atoms with van der Waals surface area (Å²) in [7, 11) is 0. The number of hydroxylamine groups is 2. The predicted molar refractivity (Wildman–Crippen MR) is 66.3 cm³/mol. The van der Waals surface area contributed by atoms with Crippen LogP contribution in [-0.4, -0.2) is 24.1 Å². The van der Waals surface area contributed by atoms with Gasteiger partial charge in [0.1, 0.15) is 0 Å². The maximum Gasteiger partial charge on any atom is 0.233 e. The summed E-state index contributed by atoms with van der Waals surface area (Å²) in [6.07, 6.45) is 6.22. The lowest BCUT2D eigenvalue weighted by Gasteiger charge is -2.23. The van der Waals surface area contributed by atoms with Crippen LogP contribution >= 0.6 is 0 Å². The average molecular weight is 233 g/mol. The van der Waals surface area contributed by atoms with Crippen LogP contribution in [0.3, 0.4) is 0 Å². The van der Waals surface area contributed by atoms with Crippen LogP contribution in [-0.2, 0) is 16.1 Å². The van der Waals surface area contributed by atoms with Crippen molar-refractivity contribution in [3.05, 3.63) is 35.9 Å². The minimum absolute atomic E-state index is 0.295. The number of rotatable bonds is 6.